The monoisotopic (exact) mass is 306 g/mol. The molecule has 3 aromatic rings. The Bertz CT molecular complexity index is 835. The average molecular weight is 306 g/mol. The third kappa shape index (κ3) is 2.50. The highest BCUT2D eigenvalue weighted by Crippen LogP contribution is 2.28. The van der Waals surface area contributed by atoms with Crippen LogP contribution in [-0.2, 0) is 6.18 Å². The number of aromatic nitrogens is 4. The minimum Gasteiger partial charge on any atom is -0.296 e. The van der Waals surface area contributed by atoms with Crippen molar-refractivity contribution in [3.05, 3.63) is 65.0 Å². The molecule has 0 aliphatic carbocycles. The molecule has 0 unspecified atom stereocenters. The number of nitrogens with one attached hydrogen (secondary N) is 1. The van der Waals surface area contributed by atoms with Crippen molar-refractivity contribution in [3.8, 4) is 16.9 Å². The van der Waals surface area contributed by atoms with Crippen LogP contribution in [0.2, 0.25) is 0 Å². The van der Waals surface area contributed by atoms with Crippen LogP contribution in [0, 0.1) is 0 Å². The Labute approximate surface area is 122 Å². The molecule has 0 aromatic carbocycles. The molecular formula is C14H9F3N4O. The Hall–Kier alpha value is -2.90. The number of alkyl halides is 3. The van der Waals surface area contributed by atoms with Crippen LogP contribution >= 0.6 is 0 Å². The highest BCUT2D eigenvalue weighted by Gasteiger charge is 2.30. The number of nitrogens with zero attached hydrogens (tertiary/aromatic N) is 3. The average Bonchev–Trinajstić information content (AvgIpc) is 2.89. The van der Waals surface area contributed by atoms with E-state index in [0.717, 1.165) is 16.8 Å². The van der Waals surface area contributed by atoms with E-state index >= 15 is 0 Å². The second kappa shape index (κ2) is 5.14. The highest BCUT2D eigenvalue weighted by molar-refractivity contribution is 5.60. The first-order chi connectivity index (χ1) is 10.5. The Morgan fingerprint density at radius 2 is 1.95 bits per heavy atom. The summed E-state index contributed by atoms with van der Waals surface area (Å²) in [5.74, 6) is 0.0770. The summed E-state index contributed by atoms with van der Waals surface area (Å²) in [5.41, 5.74) is -0.326. The quantitative estimate of drug-likeness (QED) is 0.791. The fraction of sp³-hybridized carbons (Fsp3) is 0.0714. The number of hydrogen-bond donors (Lipinski definition) is 1. The standard InChI is InChI=1S/C14H9F3N4O/c15-14(16,17)10-3-4-12(19-7-10)21-13(22)11(8-20-21)9-2-1-5-18-6-9/h1-8,20H. The van der Waals surface area contributed by atoms with Crippen molar-refractivity contribution >= 4 is 0 Å². The Balaban J connectivity index is 2.00. The molecule has 8 heteroatoms. The van der Waals surface area contributed by atoms with Crippen LogP contribution in [0.5, 0.6) is 0 Å². The van der Waals surface area contributed by atoms with E-state index in [1.165, 1.54) is 12.4 Å². The zero-order chi connectivity index (χ0) is 15.7. The lowest BCUT2D eigenvalue weighted by molar-refractivity contribution is -0.137. The van der Waals surface area contributed by atoms with Gasteiger partial charge in [0, 0.05) is 30.4 Å². The zero-order valence-electron chi connectivity index (χ0n) is 11.0. The normalized spacial score (nSPS) is 11.6. The third-order valence-corrected chi connectivity index (χ3v) is 3.05. The van der Waals surface area contributed by atoms with Gasteiger partial charge in [0.15, 0.2) is 5.82 Å². The summed E-state index contributed by atoms with van der Waals surface area (Å²) in [6.07, 6.45) is 0.777. The van der Waals surface area contributed by atoms with Crippen molar-refractivity contribution in [3.63, 3.8) is 0 Å². The molecule has 3 heterocycles. The van der Waals surface area contributed by atoms with Crippen molar-refractivity contribution in [2.24, 2.45) is 0 Å². The smallest absolute Gasteiger partial charge is 0.296 e. The zero-order valence-corrected chi connectivity index (χ0v) is 11.0. The maximum Gasteiger partial charge on any atom is 0.417 e. The van der Waals surface area contributed by atoms with Crippen LogP contribution in [0.1, 0.15) is 5.56 Å². The molecule has 112 valence electrons. The molecule has 0 saturated heterocycles. The van der Waals surface area contributed by atoms with Gasteiger partial charge in [-0.3, -0.25) is 14.9 Å². The molecule has 5 nitrogen and oxygen atoms in total. The van der Waals surface area contributed by atoms with Gasteiger partial charge in [-0.1, -0.05) is 6.07 Å². The van der Waals surface area contributed by atoms with E-state index in [9.17, 15) is 18.0 Å². The SMILES string of the molecule is O=c1c(-c2cccnc2)c[nH]n1-c1ccc(C(F)(F)F)cn1. The lowest BCUT2D eigenvalue weighted by atomic mass is 10.2. The first-order valence-corrected chi connectivity index (χ1v) is 6.21. The summed E-state index contributed by atoms with van der Waals surface area (Å²) >= 11 is 0. The molecule has 3 rings (SSSR count). The lowest BCUT2D eigenvalue weighted by Gasteiger charge is -2.06. The molecule has 0 aliphatic rings. The Kier molecular flexibility index (Phi) is 3.28. The van der Waals surface area contributed by atoms with Crippen molar-refractivity contribution in [1.82, 2.24) is 19.7 Å². The minimum absolute atomic E-state index is 0.0770. The van der Waals surface area contributed by atoms with Gasteiger partial charge in [-0.2, -0.15) is 13.2 Å². The number of aromatic amines is 1. The summed E-state index contributed by atoms with van der Waals surface area (Å²) in [5, 5.41) is 2.68. The fourth-order valence-electron chi connectivity index (χ4n) is 1.95. The van der Waals surface area contributed by atoms with E-state index in [1.807, 2.05) is 0 Å². The van der Waals surface area contributed by atoms with Gasteiger partial charge in [0.1, 0.15) is 0 Å². The van der Waals surface area contributed by atoms with Gasteiger partial charge >= 0.3 is 6.18 Å². The van der Waals surface area contributed by atoms with E-state index in [2.05, 4.69) is 15.1 Å². The van der Waals surface area contributed by atoms with E-state index < -0.39 is 17.3 Å². The summed E-state index contributed by atoms with van der Waals surface area (Å²) in [4.78, 5) is 19.9. The van der Waals surface area contributed by atoms with Gasteiger partial charge in [0.2, 0.25) is 0 Å². The largest absolute Gasteiger partial charge is 0.417 e. The van der Waals surface area contributed by atoms with E-state index in [0.29, 0.717) is 17.3 Å². The predicted molar refractivity (Wildman–Crippen MR) is 72.4 cm³/mol. The second-order valence-corrected chi connectivity index (χ2v) is 4.47. The van der Waals surface area contributed by atoms with Crippen LogP contribution in [0.25, 0.3) is 16.9 Å². The van der Waals surface area contributed by atoms with Crippen molar-refractivity contribution in [2.45, 2.75) is 6.18 Å². The van der Waals surface area contributed by atoms with Gasteiger partial charge in [-0.05, 0) is 18.2 Å². The molecule has 0 radical (unpaired) electrons. The molecular weight excluding hydrogens is 297 g/mol. The summed E-state index contributed by atoms with van der Waals surface area (Å²) in [6, 6.07) is 5.40. The lowest BCUT2D eigenvalue weighted by Crippen LogP contribution is -2.17. The van der Waals surface area contributed by atoms with Crippen molar-refractivity contribution in [2.75, 3.05) is 0 Å². The fourth-order valence-corrected chi connectivity index (χ4v) is 1.95. The summed E-state index contributed by atoms with van der Waals surface area (Å²) in [6.45, 7) is 0. The highest BCUT2D eigenvalue weighted by atomic mass is 19.4. The summed E-state index contributed by atoms with van der Waals surface area (Å²) < 4.78 is 38.6. The first-order valence-electron chi connectivity index (χ1n) is 6.21. The van der Waals surface area contributed by atoms with Gasteiger partial charge in [0.25, 0.3) is 5.56 Å². The number of rotatable bonds is 2. The van der Waals surface area contributed by atoms with Gasteiger partial charge in [0.05, 0.1) is 11.1 Å². The van der Waals surface area contributed by atoms with Crippen molar-refractivity contribution in [1.29, 1.82) is 0 Å². The van der Waals surface area contributed by atoms with Crippen LogP contribution in [0.15, 0.2) is 53.8 Å². The summed E-state index contributed by atoms with van der Waals surface area (Å²) in [7, 11) is 0. The first kappa shape index (κ1) is 14.1. The minimum atomic E-state index is -4.47. The number of H-pyrrole nitrogens is 1. The maximum absolute atomic E-state index is 12.5. The molecule has 22 heavy (non-hydrogen) atoms. The molecule has 0 amide bonds. The van der Waals surface area contributed by atoms with Crippen LogP contribution in [-0.4, -0.2) is 19.7 Å². The topological polar surface area (TPSA) is 63.6 Å². The molecule has 0 fully saturated rings. The molecule has 1 N–H and O–H groups in total. The molecule has 0 saturated carbocycles. The molecule has 0 spiro atoms. The van der Waals surface area contributed by atoms with Crippen LogP contribution in [0.3, 0.4) is 0 Å². The Morgan fingerprint density at radius 1 is 1.14 bits per heavy atom. The maximum atomic E-state index is 12.5. The predicted octanol–water partition coefficient (Wildman–Crippen LogP) is 2.64. The van der Waals surface area contributed by atoms with Crippen LogP contribution < -0.4 is 5.56 Å². The molecule has 0 aliphatic heterocycles. The number of halogens is 3. The molecule has 0 bridgehead atoms. The van der Waals surface area contributed by atoms with Crippen LogP contribution in [0.4, 0.5) is 13.2 Å². The van der Waals surface area contributed by atoms with E-state index in [4.69, 9.17) is 0 Å². The van der Waals surface area contributed by atoms with E-state index in [-0.39, 0.29) is 5.82 Å². The number of hydrogen-bond acceptors (Lipinski definition) is 3. The van der Waals surface area contributed by atoms with Gasteiger partial charge < -0.3 is 0 Å². The second-order valence-electron chi connectivity index (χ2n) is 4.47. The van der Waals surface area contributed by atoms with Gasteiger partial charge in [-0.25, -0.2) is 9.67 Å². The van der Waals surface area contributed by atoms with E-state index in [1.54, 1.807) is 18.3 Å². The molecule has 0 atom stereocenters. The Morgan fingerprint density at radius 3 is 2.55 bits per heavy atom. The van der Waals surface area contributed by atoms with Gasteiger partial charge in [-0.15, -0.1) is 0 Å². The van der Waals surface area contributed by atoms with Crippen molar-refractivity contribution < 1.29 is 13.2 Å². The third-order valence-electron chi connectivity index (χ3n) is 3.05. The number of pyridine rings is 2. The molecule has 3 aromatic heterocycles.